The van der Waals surface area contributed by atoms with Gasteiger partial charge in [-0.15, -0.1) is 0 Å². The van der Waals surface area contributed by atoms with Crippen LogP contribution in [0.15, 0.2) is 30.3 Å². The van der Waals surface area contributed by atoms with Gasteiger partial charge in [-0.05, 0) is 12.0 Å². The fraction of sp³-hybridized carbons (Fsp3) is 0.500. The summed E-state index contributed by atoms with van der Waals surface area (Å²) < 4.78 is 5.40. The van der Waals surface area contributed by atoms with Gasteiger partial charge in [-0.3, -0.25) is 0 Å². The van der Waals surface area contributed by atoms with E-state index in [0.29, 0.717) is 0 Å². The monoisotopic (exact) mass is 390 g/mol. The van der Waals surface area contributed by atoms with Crippen LogP contribution in [-0.4, -0.2) is 22.8 Å². The van der Waals surface area contributed by atoms with E-state index in [9.17, 15) is 4.79 Å². The van der Waals surface area contributed by atoms with Crippen LogP contribution in [0.3, 0.4) is 0 Å². The van der Waals surface area contributed by atoms with Gasteiger partial charge in [0.15, 0.2) is 3.74 Å². The van der Waals surface area contributed by atoms with E-state index in [4.69, 9.17) is 4.74 Å². The largest absolute Gasteiger partial charge is 0.452 e. The van der Waals surface area contributed by atoms with Gasteiger partial charge in [0.1, 0.15) is 5.60 Å². The third-order valence-corrected chi connectivity index (χ3v) is 4.26. The third kappa shape index (κ3) is 3.80. The molecule has 0 aliphatic carbocycles. The van der Waals surface area contributed by atoms with E-state index in [1.807, 2.05) is 18.2 Å². The van der Waals surface area contributed by atoms with Crippen molar-refractivity contribution < 1.29 is 14.8 Å². The summed E-state index contributed by atoms with van der Waals surface area (Å²) in [5.41, 5.74) is 0.616. The van der Waals surface area contributed by atoms with Crippen LogP contribution >= 0.6 is 31.9 Å². The predicted octanol–water partition coefficient (Wildman–Crippen LogP) is 2.29. The maximum atomic E-state index is 12.0. The van der Waals surface area contributed by atoms with Crippen molar-refractivity contribution in [3.63, 3.8) is 0 Å². The number of alkyl halides is 2. The van der Waals surface area contributed by atoms with Gasteiger partial charge in [-0.2, -0.15) is 0 Å². The number of ether oxygens (including phenoxy) is 1. The first kappa shape index (κ1) is 15.0. The van der Waals surface area contributed by atoms with Crippen molar-refractivity contribution in [2.45, 2.75) is 28.6 Å². The first-order valence-corrected chi connectivity index (χ1v) is 8.35. The molecule has 2 N–H and O–H groups in total. The van der Waals surface area contributed by atoms with Crippen molar-refractivity contribution in [3.05, 3.63) is 35.9 Å². The molecule has 0 spiro atoms. The Labute approximate surface area is 130 Å². The molecule has 1 aromatic rings. The minimum atomic E-state index is -0.481. The van der Waals surface area contributed by atoms with Crippen molar-refractivity contribution >= 4 is 37.8 Å². The average Bonchev–Trinajstić information content (AvgIpc) is 2.66. The highest BCUT2D eigenvalue weighted by molar-refractivity contribution is 9.25. The molecular formula is C14H18Br2NO2+. The molecule has 0 aromatic heterocycles. The Hall–Kier alpha value is -0.390. The van der Waals surface area contributed by atoms with E-state index in [2.05, 4.69) is 49.3 Å². The molecular weight excluding hydrogens is 374 g/mol. The molecule has 3 nitrogen and oxygen atoms in total. The number of benzene rings is 1. The van der Waals surface area contributed by atoms with Gasteiger partial charge in [0, 0.05) is 12.8 Å². The maximum absolute atomic E-state index is 12.0. The summed E-state index contributed by atoms with van der Waals surface area (Å²) in [6.07, 6.45) is 2.79. The number of rotatable bonds is 3. The standard InChI is InChI=1S/C14H17Br2NO2/c15-12(16)13(18)19-14(7-4-9-17-10-8-14)11-5-2-1-3-6-11/h1-3,5-6,12,17H,4,7-10H2/p+1. The second-order valence-electron chi connectivity index (χ2n) is 4.80. The molecule has 104 valence electrons. The Morgan fingerprint density at radius 1 is 1.21 bits per heavy atom. The zero-order valence-electron chi connectivity index (χ0n) is 10.6. The SMILES string of the molecule is O=C(OC1(c2ccccc2)CCC[NH2+]CC1)C(Br)Br. The minimum Gasteiger partial charge on any atom is -0.452 e. The summed E-state index contributed by atoms with van der Waals surface area (Å²) in [5.74, 6) is -0.259. The molecule has 1 unspecified atom stereocenters. The van der Waals surface area contributed by atoms with Gasteiger partial charge in [-0.25, -0.2) is 4.79 Å². The number of hydrogen-bond donors (Lipinski definition) is 1. The van der Waals surface area contributed by atoms with E-state index >= 15 is 0 Å². The summed E-state index contributed by atoms with van der Waals surface area (Å²) in [4.78, 5) is 12.0. The van der Waals surface area contributed by atoms with Gasteiger partial charge < -0.3 is 10.1 Å². The van der Waals surface area contributed by atoms with Crippen molar-refractivity contribution in [2.24, 2.45) is 0 Å². The predicted molar refractivity (Wildman–Crippen MR) is 81.4 cm³/mol. The van der Waals surface area contributed by atoms with Crippen LogP contribution in [0.5, 0.6) is 0 Å². The Bertz CT molecular complexity index is 415. The van der Waals surface area contributed by atoms with Crippen LogP contribution in [0.2, 0.25) is 0 Å². The molecule has 2 rings (SSSR count). The lowest BCUT2D eigenvalue weighted by Crippen LogP contribution is -2.84. The van der Waals surface area contributed by atoms with Crippen LogP contribution in [0.1, 0.15) is 24.8 Å². The number of halogens is 2. The molecule has 0 amide bonds. The van der Waals surface area contributed by atoms with Gasteiger partial charge in [0.25, 0.3) is 0 Å². The van der Waals surface area contributed by atoms with Gasteiger partial charge in [-0.1, -0.05) is 62.2 Å². The zero-order valence-corrected chi connectivity index (χ0v) is 13.8. The lowest BCUT2D eigenvalue weighted by atomic mass is 9.86. The molecule has 1 aliphatic heterocycles. The molecule has 1 fully saturated rings. The Morgan fingerprint density at radius 2 is 1.95 bits per heavy atom. The molecule has 1 heterocycles. The molecule has 1 saturated heterocycles. The van der Waals surface area contributed by atoms with Crippen LogP contribution < -0.4 is 5.32 Å². The summed E-state index contributed by atoms with van der Waals surface area (Å²) >= 11 is 6.43. The Kier molecular flexibility index (Phi) is 5.42. The van der Waals surface area contributed by atoms with E-state index < -0.39 is 9.34 Å². The van der Waals surface area contributed by atoms with E-state index in [1.54, 1.807) is 0 Å². The molecule has 5 heteroatoms. The number of esters is 1. The second-order valence-corrected chi connectivity index (χ2v) is 7.86. The van der Waals surface area contributed by atoms with E-state index in [1.165, 1.54) is 0 Å². The highest BCUT2D eigenvalue weighted by atomic mass is 79.9. The van der Waals surface area contributed by atoms with Crippen molar-refractivity contribution in [1.82, 2.24) is 0 Å². The van der Waals surface area contributed by atoms with Crippen molar-refractivity contribution in [1.29, 1.82) is 0 Å². The minimum absolute atomic E-state index is 0.259. The maximum Gasteiger partial charge on any atom is 0.331 e. The van der Waals surface area contributed by atoms with Crippen molar-refractivity contribution in [3.8, 4) is 0 Å². The molecule has 0 radical (unpaired) electrons. The topological polar surface area (TPSA) is 42.9 Å². The first-order valence-electron chi connectivity index (χ1n) is 6.52. The smallest absolute Gasteiger partial charge is 0.331 e. The highest BCUT2D eigenvalue weighted by Crippen LogP contribution is 2.36. The number of carbonyl (C=O) groups excluding carboxylic acids is 1. The number of quaternary nitrogens is 1. The Morgan fingerprint density at radius 3 is 2.63 bits per heavy atom. The number of nitrogens with two attached hydrogens (primary N) is 1. The summed E-state index contributed by atoms with van der Waals surface area (Å²) in [6, 6.07) is 10.1. The molecule has 0 bridgehead atoms. The molecule has 1 aromatic carbocycles. The van der Waals surface area contributed by atoms with Gasteiger partial charge in [0.2, 0.25) is 0 Å². The fourth-order valence-corrected chi connectivity index (χ4v) is 2.75. The fourth-order valence-electron chi connectivity index (χ4n) is 2.57. The van der Waals surface area contributed by atoms with Crippen molar-refractivity contribution in [2.75, 3.05) is 13.1 Å². The molecule has 19 heavy (non-hydrogen) atoms. The quantitative estimate of drug-likeness (QED) is 0.634. The average molecular weight is 392 g/mol. The first-order chi connectivity index (χ1) is 9.14. The van der Waals surface area contributed by atoms with Crippen LogP contribution in [-0.2, 0) is 15.1 Å². The molecule has 1 atom stereocenters. The lowest BCUT2D eigenvalue weighted by molar-refractivity contribution is -0.653. The van der Waals surface area contributed by atoms with Gasteiger partial charge >= 0.3 is 5.97 Å². The Balaban J connectivity index is 2.29. The number of carbonyl (C=O) groups is 1. The third-order valence-electron chi connectivity index (χ3n) is 3.52. The van der Waals surface area contributed by atoms with E-state index in [-0.39, 0.29) is 5.97 Å². The summed E-state index contributed by atoms with van der Waals surface area (Å²) in [6.45, 7) is 2.08. The molecule has 1 aliphatic rings. The van der Waals surface area contributed by atoms with Crippen LogP contribution in [0, 0.1) is 0 Å². The van der Waals surface area contributed by atoms with E-state index in [0.717, 1.165) is 37.9 Å². The highest BCUT2D eigenvalue weighted by Gasteiger charge is 2.38. The number of hydrogen-bond acceptors (Lipinski definition) is 2. The van der Waals surface area contributed by atoms with Crippen LogP contribution in [0.4, 0.5) is 0 Å². The molecule has 0 saturated carbocycles. The van der Waals surface area contributed by atoms with Gasteiger partial charge in [0.05, 0.1) is 13.1 Å². The summed E-state index contributed by atoms with van der Waals surface area (Å²) in [5, 5.41) is 2.29. The lowest BCUT2D eigenvalue weighted by Gasteiger charge is -2.32. The summed E-state index contributed by atoms with van der Waals surface area (Å²) in [7, 11) is 0. The second kappa shape index (κ2) is 6.86. The zero-order chi connectivity index (χ0) is 13.7. The normalized spacial score (nSPS) is 23.9. The van der Waals surface area contributed by atoms with Crippen LogP contribution in [0.25, 0.3) is 0 Å².